The van der Waals surface area contributed by atoms with E-state index in [1.165, 1.54) is 0 Å². The summed E-state index contributed by atoms with van der Waals surface area (Å²) in [6, 6.07) is 8.66. The molecule has 14 heavy (non-hydrogen) atoms. The third-order valence-electron chi connectivity index (χ3n) is 1.78. The SMILES string of the molecule is N#CC1=S(S)Oc2ccccc2C1=O. The van der Waals surface area contributed by atoms with Gasteiger partial charge < -0.3 is 4.18 Å². The lowest BCUT2D eigenvalue weighted by molar-refractivity contribution is 0.106. The fraction of sp³-hybridized carbons (Fsp3) is 0. The van der Waals surface area contributed by atoms with Crippen LogP contribution in [0.2, 0.25) is 0 Å². The second-order valence-corrected chi connectivity index (χ2v) is 4.67. The van der Waals surface area contributed by atoms with Gasteiger partial charge in [-0.15, -0.1) is 0 Å². The fourth-order valence-electron chi connectivity index (χ4n) is 1.15. The van der Waals surface area contributed by atoms with Gasteiger partial charge in [0, 0.05) is 0 Å². The minimum atomic E-state index is -1.02. The molecule has 0 aromatic heterocycles. The van der Waals surface area contributed by atoms with Crippen LogP contribution in [0.25, 0.3) is 0 Å². The summed E-state index contributed by atoms with van der Waals surface area (Å²) in [5.74, 6) is 0.211. The van der Waals surface area contributed by atoms with Gasteiger partial charge in [-0.2, -0.15) is 5.26 Å². The zero-order chi connectivity index (χ0) is 10.1. The Bertz CT molecular complexity index is 488. The highest BCUT2D eigenvalue weighted by molar-refractivity contribution is 8.75. The first-order valence-corrected chi connectivity index (χ1v) is 5.96. The van der Waals surface area contributed by atoms with E-state index in [4.69, 9.17) is 9.44 Å². The molecular weight excluding hydrogens is 218 g/mol. The summed E-state index contributed by atoms with van der Waals surface area (Å²) in [5, 5.41) is 8.73. The zero-order valence-electron chi connectivity index (χ0n) is 6.93. The van der Waals surface area contributed by atoms with Gasteiger partial charge in [0.1, 0.15) is 11.8 Å². The summed E-state index contributed by atoms with van der Waals surface area (Å²) in [6.07, 6.45) is 0. The van der Waals surface area contributed by atoms with Crippen molar-refractivity contribution in [3.05, 3.63) is 29.8 Å². The van der Waals surface area contributed by atoms with Crippen molar-refractivity contribution >= 4 is 32.1 Å². The lowest BCUT2D eigenvalue weighted by Crippen LogP contribution is -2.17. The summed E-state index contributed by atoms with van der Waals surface area (Å²) in [4.78, 5) is 11.7. The molecule has 1 aromatic rings. The highest BCUT2D eigenvalue weighted by Gasteiger charge is 2.25. The van der Waals surface area contributed by atoms with E-state index in [1.54, 1.807) is 24.3 Å². The number of Topliss-reactive ketones (excluding diaryl/α,β-unsaturated/α-hetero) is 1. The topological polar surface area (TPSA) is 50.1 Å². The van der Waals surface area contributed by atoms with Crippen LogP contribution >= 0.6 is 21.5 Å². The van der Waals surface area contributed by atoms with E-state index in [0.29, 0.717) is 11.3 Å². The third kappa shape index (κ3) is 1.33. The second-order valence-electron chi connectivity index (χ2n) is 2.60. The average molecular weight is 223 g/mol. The summed E-state index contributed by atoms with van der Waals surface area (Å²) in [6.45, 7) is 0. The number of para-hydroxylation sites is 1. The van der Waals surface area contributed by atoms with Crippen molar-refractivity contribution < 1.29 is 8.98 Å². The number of hydrogen-bond acceptors (Lipinski definition) is 4. The maximum absolute atomic E-state index is 11.7. The van der Waals surface area contributed by atoms with E-state index in [0.717, 1.165) is 0 Å². The van der Waals surface area contributed by atoms with Crippen molar-refractivity contribution in [3.8, 4) is 11.8 Å². The molecule has 0 bridgehead atoms. The van der Waals surface area contributed by atoms with E-state index < -0.39 is 9.80 Å². The fourth-order valence-corrected chi connectivity index (χ4v) is 2.50. The van der Waals surface area contributed by atoms with E-state index in [9.17, 15) is 4.79 Å². The van der Waals surface area contributed by atoms with Crippen LogP contribution < -0.4 is 4.18 Å². The van der Waals surface area contributed by atoms with Gasteiger partial charge >= 0.3 is 0 Å². The molecule has 0 saturated heterocycles. The number of ketones is 1. The summed E-state index contributed by atoms with van der Waals surface area (Å²) in [5.41, 5.74) is 0.432. The van der Waals surface area contributed by atoms with E-state index >= 15 is 0 Å². The Morgan fingerprint density at radius 2 is 2.14 bits per heavy atom. The van der Waals surface area contributed by atoms with Gasteiger partial charge in [0.15, 0.2) is 4.86 Å². The lowest BCUT2D eigenvalue weighted by Gasteiger charge is -2.15. The van der Waals surface area contributed by atoms with Crippen LogP contribution in [-0.2, 0) is 0 Å². The molecule has 0 aliphatic carbocycles. The Morgan fingerprint density at radius 1 is 1.43 bits per heavy atom. The van der Waals surface area contributed by atoms with Gasteiger partial charge in [-0.25, -0.2) is 0 Å². The zero-order valence-corrected chi connectivity index (χ0v) is 8.64. The molecule has 1 aromatic carbocycles. The van der Waals surface area contributed by atoms with Crippen molar-refractivity contribution in [2.24, 2.45) is 0 Å². The van der Waals surface area contributed by atoms with Crippen LogP contribution in [0.3, 0.4) is 0 Å². The number of carbonyl (C=O) groups excluding carboxylic acids is 1. The Kier molecular flexibility index (Phi) is 2.32. The quantitative estimate of drug-likeness (QED) is 0.415. The van der Waals surface area contributed by atoms with Crippen LogP contribution in [0.4, 0.5) is 0 Å². The first-order chi connectivity index (χ1) is 6.74. The Morgan fingerprint density at radius 3 is 2.86 bits per heavy atom. The predicted molar refractivity (Wildman–Crippen MR) is 58.6 cm³/mol. The molecule has 1 unspecified atom stereocenters. The molecule has 70 valence electrons. The minimum absolute atomic E-state index is 0.0621. The monoisotopic (exact) mass is 223 g/mol. The van der Waals surface area contributed by atoms with Gasteiger partial charge in [-0.3, -0.25) is 4.79 Å². The Hall–Kier alpha value is -1.25. The van der Waals surface area contributed by atoms with Crippen molar-refractivity contribution in [1.29, 1.82) is 5.26 Å². The van der Waals surface area contributed by atoms with Crippen LogP contribution in [0.15, 0.2) is 24.3 Å². The number of hydrogen-bond donors (Lipinski definition) is 1. The first kappa shape index (κ1) is 9.31. The van der Waals surface area contributed by atoms with Crippen LogP contribution in [-0.4, -0.2) is 10.6 Å². The number of fused-ring (bicyclic) bond motifs is 1. The number of nitrogens with zero attached hydrogens (tertiary/aromatic N) is 1. The molecule has 1 atom stereocenters. The van der Waals surface area contributed by atoms with E-state index in [2.05, 4.69) is 11.7 Å². The third-order valence-corrected chi connectivity index (χ3v) is 3.52. The molecule has 5 heteroatoms. The molecule has 1 heterocycles. The molecule has 1 aliphatic rings. The van der Waals surface area contributed by atoms with Crippen molar-refractivity contribution in [2.75, 3.05) is 0 Å². The molecule has 0 spiro atoms. The van der Waals surface area contributed by atoms with Gasteiger partial charge in [-0.1, -0.05) is 23.8 Å². The lowest BCUT2D eigenvalue weighted by atomic mass is 10.1. The molecule has 0 N–H and O–H groups in total. The van der Waals surface area contributed by atoms with Crippen molar-refractivity contribution in [1.82, 2.24) is 0 Å². The molecule has 1 aliphatic heterocycles. The van der Waals surface area contributed by atoms with E-state index in [-0.39, 0.29) is 10.6 Å². The molecule has 0 amide bonds. The maximum Gasteiger partial charge on any atom is 0.217 e. The van der Waals surface area contributed by atoms with Crippen molar-refractivity contribution in [2.45, 2.75) is 0 Å². The highest BCUT2D eigenvalue weighted by Crippen LogP contribution is 2.34. The van der Waals surface area contributed by atoms with Crippen LogP contribution in [0.1, 0.15) is 10.4 Å². The van der Waals surface area contributed by atoms with Crippen LogP contribution in [0.5, 0.6) is 5.75 Å². The average Bonchev–Trinajstić information content (AvgIpc) is 2.18. The van der Waals surface area contributed by atoms with Gasteiger partial charge in [0.05, 0.1) is 15.4 Å². The highest BCUT2D eigenvalue weighted by atomic mass is 33.1. The molecule has 3 nitrogen and oxygen atoms in total. The van der Waals surface area contributed by atoms with Crippen molar-refractivity contribution in [3.63, 3.8) is 0 Å². The molecule has 0 radical (unpaired) electrons. The smallest absolute Gasteiger partial charge is 0.217 e. The largest absolute Gasteiger partial charge is 0.422 e. The molecular formula is C9H5NO2S2. The number of thiol groups is 1. The first-order valence-electron chi connectivity index (χ1n) is 3.76. The molecule has 0 fully saturated rings. The van der Waals surface area contributed by atoms with E-state index in [1.807, 2.05) is 6.07 Å². The minimum Gasteiger partial charge on any atom is -0.422 e. The molecule has 2 rings (SSSR count). The number of benzene rings is 1. The van der Waals surface area contributed by atoms with Gasteiger partial charge in [0.2, 0.25) is 5.78 Å². The predicted octanol–water partition coefficient (Wildman–Crippen LogP) is 1.99. The van der Waals surface area contributed by atoms with Crippen LogP contribution in [0, 0.1) is 11.3 Å². The van der Waals surface area contributed by atoms with Gasteiger partial charge in [-0.05, 0) is 12.1 Å². The molecule has 0 saturated carbocycles. The Labute approximate surface area is 88.2 Å². The number of nitriles is 1. The van der Waals surface area contributed by atoms with Gasteiger partial charge in [0.25, 0.3) is 0 Å². The second kappa shape index (κ2) is 3.48. The number of carbonyl (C=O) groups is 1. The Balaban J connectivity index is 2.61. The standard InChI is InChI=1S/C9H5NO2S2/c10-5-8-9(11)6-3-1-2-4-7(6)12-14(8)13/h1-4,13H. The number of rotatable bonds is 0. The summed E-state index contributed by atoms with van der Waals surface area (Å²) in [7, 11) is -1.02. The summed E-state index contributed by atoms with van der Waals surface area (Å²) < 4.78 is 5.32. The maximum atomic E-state index is 11.7. The normalized spacial score (nSPS) is 19.6. The summed E-state index contributed by atoms with van der Waals surface area (Å²) >= 11 is 4.05.